The van der Waals surface area contributed by atoms with E-state index in [-0.39, 0.29) is 17.9 Å². The molecule has 148 valence electrons. The molecule has 2 atom stereocenters. The van der Waals surface area contributed by atoms with E-state index in [0.717, 1.165) is 11.1 Å². The molecular formula is C22H26N2O4. The number of rotatable bonds is 5. The van der Waals surface area contributed by atoms with Crippen LogP contribution in [0.5, 0.6) is 0 Å². The molecule has 2 amide bonds. The van der Waals surface area contributed by atoms with Gasteiger partial charge in [0.1, 0.15) is 6.10 Å². The van der Waals surface area contributed by atoms with Crippen molar-refractivity contribution < 1.29 is 19.4 Å². The lowest BCUT2D eigenvalue weighted by Crippen LogP contribution is -2.59. The van der Waals surface area contributed by atoms with Crippen LogP contribution in [0.4, 0.5) is 0 Å². The van der Waals surface area contributed by atoms with E-state index in [0.29, 0.717) is 31.8 Å². The first-order valence-electron chi connectivity index (χ1n) is 9.43. The third-order valence-corrected chi connectivity index (χ3v) is 4.99. The quantitative estimate of drug-likeness (QED) is 0.859. The Hall–Kier alpha value is -2.70. The summed E-state index contributed by atoms with van der Waals surface area (Å²) in [5.74, 6) is -0.400. The maximum Gasteiger partial charge on any atom is 0.254 e. The molecule has 3 rings (SSSR count). The van der Waals surface area contributed by atoms with Gasteiger partial charge >= 0.3 is 0 Å². The highest BCUT2D eigenvalue weighted by atomic mass is 16.5. The first kappa shape index (κ1) is 20.0. The zero-order chi connectivity index (χ0) is 20.1. The Bertz CT molecular complexity index is 822. The summed E-state index contributed by atoms with van der Waals surface area (Å²) in [5, 5.41) is 9.64. The zero-order valence-corrected chi connectivity index (χ0v) is 16.2. The molecule has 2 aromatic rings. The molecule has 2 aromatic carbocycles. The third kappa shape index (κ3) is 4.40. The molecule has 1 saturated heterocycles. The van der Waals surface area contributed by atoms with Crippen LogP contribution in [0.3, 0.4) is 0 Å². The van der Waals surface area contributed by atoms with Crippen molar-refractivity contribution in [3.63, 3.8) is 0 Å². The fourth-order valence-corrected chi connectivity index (χ4v) is 3.55. The standard InChI is InChI=1S/C22H26N2O4/c1-16(25)21(26)24-12-11-23(14-20(24)15-28-2)22(27)19-10-6-9-18(13-19)17-7-4-3-5-8-17/h3-10,13,16,20,25H,11-12,14-15H2,1-2H3. The molecule has 6 heteroatoms. The minimum atomic E-state index is -1.07. The molecule has 1 aliphatic rings. The number of amides is 2. The summed E-state index contributed by atoms with van der Waals surface area (Å²) < 4.78 is 5.24. The van der Waals surface area contributed by atoms with E-state index >= 15 is 0 Å². The molecule has 1 fully saturated rings. The number of hydrogen-bond donors (Lipinski definition) is 1. The lowest BCUT2D eigenvalue weighted by Gasteiger charge is -2.41. The van der Waals surface area contributed by atoms with Crippen LogP contribution >= 0.6 is 0 Å². The minimum absolute atomic E-state index is 0.0666. The van der Waals surface area contributed by atoms with Crippen molar-refractivity contribution in [3.05, 3.63) is 60.2 Å². The van der Waals surface area contributed by atoms with Gasteiger partial charge in [0.15, 0.2) is 0 Å². The number of ether oxygens (including phenoxy) is 1. The van der Waals surface area contributed by atoms with Gasteiger partial charge in [0, 0.05) is 32.3 Å². The summed E-state index contributed by atoms with van der Waals surface area (Å²) >= 11 is 0. The number of carbonyl (C=O) groups excluding carboxylic acids is 2. The fourth-order valence-electron chi connectivity index (χ4n) is 3.55. The van der Waals surface area contributed by atoms with E-state index < -0.39 is 6.10 Å². The van der Waals surface area contributed by atoms with Crippen molar-refractivity contribution in [3.8, 4) is 11.1 Å². The number of hydrogen-bond acceptors (Lipinski definition) is 4. The smallest absolute Gasteiger partial charge is 0.254 e. The Morgan fingerprint density at radius 3 is 2.50 bits per heavy atom. The summed E-state index contributed by atoms with van der Waals surface area (Å²) in [7, 11) is 1.56. The van der Waals surface area contributed by atoms with Gasteiger partial charge in [-0.3, -0.25) is 9.59 Å². The van der Waals surface area contributed by atoms with E-state index in [1.165, 1.54) is 6.92 Å². The zero-order valence-electron chi connectivity index (χ0n) is 16.2. The van der Waals surface area contributed by atoms with E-state index in [9.17, 15) is 14.7 Å². The van der Waals surface area contributed by atoms with E-state index in [4.69, 9.17) is 4.74 Å². The molecule has 0 saturated carbocycles. The number of piperazine rings is 1. The van der Waals surface area contributed by atoms with Crippen LogP contribution in [0.1, 0.15) is 17.3 Å². The maximum absolute atomic E-state index is 13.1. The highest BCUT2D eigenvalue weighted by Crippen LogP contribution is 2.22. The number of methoxy groups -OCH3 is 1. The fraction of sp³-hybridized carbons (Fsp3) is 0.364. The summed E-state index contributed by atoms with van der Waals surface area (Å²) in [4.78, 5) is 28.7. The van der Waals surface area contributed by atoms with Gasteiger partial charge in [-0.25, -0.2) is 0 Å². The van der Waals surface area contributed by atoms with Gasteiger partial charge in [-0.2, -0.15) is 0 Å². The van der Waals surface area contributed by atoms with Gasteiger partial charge in [0.2, 0.25) is 0 Å². The monoisotopic (exact) mass is 382 g/mol. The molecule has 0 aromatic heterocycles. The third-order valence-electron chi connectivity index (χ3n) is 4.99. The van der Waals surface area contributed by atoms with Crippen LogP contribution in [-0.4, -0.2) is 72.2 Å². The van der Waals surface area contributed by atoms with Crippen molar-refractivity contribution >= 4 is 11.8 Å². The second-order valence-electron chi connectivity index (χ2n) is 7.01. The van der Waals surface area contributed by atoms with Gasteiger partial charge in [-0.15, -0.1) is 0 Å². The maximum atomic E-state index is 13.1. The van der Waals surface area contributed by atoms with E-state index in [1.54, 1.807) is 16.9 Å². The summed E-state index contributed by atoms with van der Waals surface area (Å²) in [6, 6.07) is 17.2. The average Bonchev–Trinajstić information content (AvgIpc) is 2.73. The van der Waals surface area contributed by atoms with Crippen molar-refractivity contribution in [2.24, 2.45) is 0 Å². The van der Waals surface area contributed by atoms with Crippen LogP contribution in [0.2, 0.25) is 0 Å². The lowest BCUT2D eigenvalue weighted by molar-refractivity contribution is -0.145. The summed E-state index contributed by atoms with van der Waals surface area (Å²) in [6.45, 7) is 2.95. The van der Waals surface area contributed by atoms with Crippen molar-refractivity contribution in [1.29, 1.82) is 0 Å². The molecule has 0 bridgehead atoms. The van der Waals surface area contributed by atoms with Crippen molar-refractivity contribution in [2.75, 3.05) is 33.4 Å². The number of aliphatic hydroxyl groups excluding tert-OH is 1. The van der Waals surface area contributed by atoms with E-state index in [2.05, 4.69) is 0 Å². The number of nitrogens with zero attached hydrogens (tertiary/aromatic N) is 2. The molecule has 1 N–H and O–H groups in total. The summed E-state index contributed by atoms with van der Waals surface area (Å²) in [6.07, 6.45) is -1.07. The molecule has 0 radical (unpaired) electrons. The molecular weight excluding hydrogens is 356 g/mol. The Kier molecular flexibility index (Phi) is 6.44. The molecule has 0 aliphatic carbocycles. The molecule has 2 unspecified atom stereocenters. The molecule has 28 heavy (non-hydrogen) atoms. The normalized spacial score (nSPS) is 18.0. The number of benzene rings is 2. The number of aliphatic hydroxyl groups is 1. The van der Waals surface area contributed by atoms with Gasteiger partial charge in [-0.05, 0) is 30.2 Å². The SMILES string of the molecule is COCC1CN(C(=O)c2cccc(-c3ccccc3)c2)CCN1C(=O)C(C)O. The van der Waals surface area contributed by atoms with Gasteiger partial charge < -0.3 is 19.6 Å². The van der Waals surface area contributed by atoms with Gasteiger partial charge in [-0.1, -0.05) is 42.5 Å². The minimum Gasteiger partial charge on any atom is -0.384 e. The highest BCUT2D eigenvalue weighted by molar-refractivity contribution is 5.95. The van der Waals surface area contributed by atoms with Crippen LogP contribution in [-0.2, 0) is 9.53 Å². The Morgan fingerprint density at radius 2 is 1.82 bits per heavy atom. The predicted octanol–water partition coefficient (Wildman–Crippen LogP) is 2.03. The first-order valence-corrected chi connectivity index (χ1v) is 9.43. The largest absolute Gasteiger partial charge is 0.384 e. The highest BCUT2D eigenvalue weighted by Gasteiger charge is 2.34. The Balaban J connectivity index is 1.77. The van der Waals surface area contributed by atoms with E-state index in [1.807, 2.05) is 54.6 Å². The van der Waals surface area contributed by atoms with Crippen LogP contribution < -0.4 is 0 Å². The average molecular weight is 382 g/mol. The second kappa shape index (κ2) is 8.99. The number of carbonyl (C=O) groups is 2. The summed E-state index contributed by atoms with van der Waals surface area (Å²) in [5.41, 5.74) is 2.66. The van der Waals surface area contributed by atoms with Crippen molar-refractivity contribution in [1.82, 2.24) is 9.80 Å². The predicted molar refractivity (Wildman–Crippen MR) is 107 cm³/mol. The van der Waals surface area contributed by atoms with Crippen LogP contribution in [0.15, 0.2) is 54.6 Å². The topological polar surface area (TPSA) is 70.1 Å². The first-order chi connectivity index (χ1) is 13.5. The van der Waals surface area contributed by atoms with Gasteiger partial charge in [0.05, 0.1) is 12.6 Å². The molecule has 1 heterocycles. The van der Waals surface area contributed by atoms with Crippen molar-refractivity contribution in [2.45, 2.75) is 19.1 Å². The lowest BCUT2D eigenvalue weighted by atomic mass is 10.0. The molecule has 0 spiro atoms. The molecule has 6 nitrogen and oxygen atoms in total. The van der Waals surface area contributed by atoms with Crippen LogP contribution in [0, 0.1) is 0 Å². The molecule has 1 aliphatic heterocycles. The Labute approximate surface area is 165 Å². The Morgan fingerprint density at radius 1 is 1.11 bits per heavy atom. The second-order valence-corrected chi connectivity index (χ2v) is 7.01. The van der Waals surface area contributed by atoms with Crippen LogP contribution in [0.25, 0.3) is 11.1 Å². The van der Waals surface area contributed by atoms with Gasteiger partial charge in [0.25, 0.3) is 11.8 Å².